The number of unbranched alkanes of at least 4 members (excludes halogenated alkanes) is 24. The Kier molecular flexibility index (Phi) is 50.5. The molecule has 0 aromatic carbocycles. The maximum atomic E-state index is 11.7. The molecular weight excluding hydrogens is 871 g/mol. The van der Waals surface area contributed by atoms with Gasteiger partial charge in [-0.05, 0) is 51.4 Å². The van der Waals surface area contributed by atoms with E-state index in [0.717, 1.165) is 128 Å². The van der Waals surface area contributed by atoms with Gasteiger partial charge in [-0.1, -0.05) is 182 Å². The van der Waals surface area contributed by atoms with Crippen molar-refractivity contribution < 1.29 is 39.6 Å². The zero-order valence-corrected chi connectivity index (χ0v) is 44.1. The van der Waals surface area contributed by atoms with Gasteiger partial charge in [-0.15, -0.1) is 0 Å². The van der Waals surface area contributed by atoms with Gasteiger partial charge in [0, 0.05) is 12.8 Å². The summed E-state index contributed by atoms with van der Waals surface area (Å²) in [6.07, 6.45) is 40.7. The third kappa shape index (κ3) is 42.4. The number of hydrogen-bond acceptors (Lipinski definition) is 4. The molecule has 0 heterocycles. The minimum absolute atomic E-state index is 0.149. The van der Waals surface area contributed by atoms with Gasteiger partial charge in [-0.2, -0.15) is 0 Å². The first-order valence-corrected chi connectivity index (χ1v) is 30.0. The normalized spacial score (nSPS) is 13.0. The van der Waals surface area contributed by atoms with E-state index in [-0.39, 0.29) is 21.1 Å². The summed E-state index contributed by atoms with van der Waals surface area (Å²) in [5.74, 6) is -2.57. The van der Waals surface area contributed by atoms with Crippen LogP contribution in [0.1, 0.15) is 286 Å². The molecule has 2 atom stereocenters. The molecule has 9 heteroatoms. The van der Waals surface area contributed by atoms with Crippen LogP contribution in [-0.2, 0) is 19.2 Å². The molecule has 0 amide bonds. The van der Waals surface area contributed by atoms with Crippen LogP contribution in [0.25, 0.3) is 0 Å². The van der Waals surface area contributed by atoms with Crippen molar-refractivity contribution in [1.82, 2.24) is 0 Å². The molecule has 0 saturated heterocycles. The average Bonchev–Trinajstić information content (AvgIpc) is 3.23. The molecule has 2 radical (unpaired) electrons. The topological polar surface area (TPSA) is 149 Å². The van der Waals surface area contributed by atoms with E-state index >= 15 is 0 Å². The molecule has 8 nitrogen and oxygen atoms in total. The van der Waals surface area contributed by atoms with Crippen LogP contribution in [-0.4, -0.2) is 65.4 Å². The van der Waals surface area contributed by atoms with Crippen molar-refractivity contribution >= 4 is 45.0 Å². The fraction of sp³-hybridized carbons (Fsp3) is 0.923. The Balaban J connectivity index is -0.000000918. The van der Waals surface area contributed by atoms with Gasteiger partial charge in [-0.3, -0.25) is 19.2 Å². The molecule has 0 aliphatic carbocycles. The second-order valence-corrected chi connectivity index (χ2v) is 22.4. The predicted molar refractivity (Wildman–Crippen MR) is 260 cm³/mol. The SMILES string of the molecule is CCCCC(CC)(CCCCCCCCCCCCCC(=O)O)C(=O)O.CCCCC(CC)(CCCCCCCCCCCCCC(=O)O)C(=O)O.CCC[CH2][Sn][CH2]CCC. The first-order chi connectivity index (χ1) is 29.4. The van der Waals surface area contributed by atoms with Gasteiger partial charge in [0.1, 0.15) is 0 Å². The van der Waals surface area contributed by atoms with E-state index in [9.17, 15) is 29.4 Å². The standard InChI is InChI=1S/2C22H42O4.2C4H9.Sn/c2*1-3-5-18-22(4-2,21(25)26)19-16-14-12-10-8-6-7-9-11-13-15-17-20(23)24;2*1-3-4-2;/h2*3-19H2,1-2H3,(H,23,24)(H,25,26);2*1,3-4H2,2H3;. The summed E-state index contributed by atoms with van der Waals surface area (Å²) in [5, 5.41) is 36.4. The Morgan fingerprint density at radius 3 is 0.770 bits per heavy atom. The third-order valence-corrected chi connectivity index (χ3v) is 16.8. The van der Waals surface area contributed by atoms with Gasteiger partial charge in [0.2, 0.25) is 0 Å². The zero-order chi connectivity index (χ0) is 46.3. The van der Waals surface area contributed by atoms with Crippen LogP contribution >= 0.6 is 0 Å². The van der Waals surface area contributed by atoms with Crippen LogP contribution in [0.3, 0.4) is 0 Å². The first-order valence-electron chi connectivity index (χ1n) is 26.0. The van der Waals surface area contributed by atoms with Crippen LogP contribution < -0.4 is 0 Å². The quantitative estimate of drug-likeness (QED) is 0.0348. The van der Waals surface area contributed by atoms with Crippen molar-refractivity contribution in [2.75, 3.05) is 0 Å². The molecule has 2 unspecified atom stereocenters. The van der Waals surface area contributed by atoms with E-state index in [1.165, 1.54) is 103 Å². The maximum absolute atomic E-state index is 11.7. The van der Waals surface area contributed by atoms with Gasteiger partial charge in [0.05, 0.1) is 10.8 Å². The summed E-state index contributed by atoms with van der Waals surface area (Å²) in [5.41, 5.74) is -0.979. The fourth-order valence-corrected chi connectivity index (χ4v) is 12.3. The Morgan fingerprint density at radius 1 is 0.328 bits per heavy atom. The summed E-state index contributed by atoms with van der Waals surface area (Å²) in [6.45, 7) is 12.9. The van der Waals surface area contributed by atoms with Crippen LogP contribution in [0.15, 0.2) is 0 Å². The van der Waals surface area contributed by atoms with E-state index in [1.807, 2.05) is 13.8 Å². The number of hydrogen-bond donors (Lipinski definition) is 4. The Morgan fingerprint density at radius 2 is 0.557 bits per heavy atom. The van der Waals surface area contributed by atoms with Crippen LogP contribution in [0.5, 0.6) is 0 Å². The van der Waals surface area contributed by atoms with Crippen molar-refractivity contribution in [2.45, 2.75) is 294 Å². The third-order valence-electron chi connectivity index (χ3n) is 12.8. The molecule has 0 saturated carbocycles. The summed E-state index contributed by atoms with van der Waals surface area (Å²) >= 11 is 0.149. The number of carboxylic acid groups (broad SMARTS) is 4. The molecule has 0 spiro atoms. The molecule has 0 aliphatic rings. The summed E-state index contributed by atoms with van der Waals surface area (Å²) < 4.78 is 3.25. The Bertz CT molecular complexity index is 914. The molecule has 61 heavy (non-hydrogen) atoms. The Labute approximate surface area is 388 Å². The fourth-order valence-electron chi connectivity index (χ4n) is 8.11. The van der Waals surface area contributed by atoms with Crippen molar-refractivity contribution in [3.8, 4) is 0 Å². The number of aliphatic carboxylic acids is 4. The first kappa shape index (κ1) is 64.0. The second kappa shape index (κ2) is 48.1. The summed E-state index contributed by atoms with van der Waals surface area (Å²) in [6, 6.07) is 0. The minimum atomic E-state index is -0.685. The molecule has 0 aromatic rings. The molecule has 0 aliphatic heterocycles. The van der Waals surface area contributed by atoms with Gasteiger partial charge in [0.25, 0.3) is 0 Å². The van der Waals surface area contributed by atoms with E-state index < -0.39 is 34.7 Å². The summed E-state index contributed by atoms with van der Waals surface area (Å²) in [7, 11) is 0. The molecule has 0 fully saturated rings. The number of carbonyl (C=O) groups is 4. The molecule has 4 N–H and O–H groups in total. The summed E-state index contributed by atoms with van der Waals surface area (Å²) in [4.78, 5) is 44.2. The van der Waals surface area contributed by atoms with E-state index in [4.69, 9.17) is 10.2 Å². The molecule has 0 bridgehead atoms. The average molecular weight is 974 g/mol. The number of rotatable bonds is 44. The predicted octanol–water partition coefficient (Wildman–Crippen LogP) is 16.8. The van der Waals surface area contributed by atoms with Crippen molar-refractivity contribution in [1.29, 1.82) is 0 Å². The van der Waals surface area contributed by atoms with E-state index in [0.29, 0.717) is 12.8 Å². The van der Waals surface area contributed by atoms with Gasteiger partial charge >= 0.3 is 93.4 Å². The van der Waals surface area contributed by atoms with E-state index in [2.05, 4.69) is 27.7 Å². The van der Waals surface area contributed by atoms with Crippen molar-refractivity contribution in [2.24, 2.45) is 10.8 Å². The molecular formula is C52H102O8Sn. The van der Waals surface area contributed by atoms with Crippen LogP contribution in [0.4, 0.5) is 0 Å². The van der Waals surface area contributed by atoms with Crippen molar-refractivity contribution in [3.63, 3.8) is 0 Å². The van der Waals surface area contributed by atoms with Crippen molar-refractivity contribution in [3.05, 3.63) is 0 Å². The number of carboxylic acids is 4. The van der Waals surface area contributed by atoms with Crippen LogP contribution in [0.2, 0.25) is 8.87 Å². The molecule has 362 valence electrons. The monoisotopic (exact) mass is 975 g/mol. The van der Waals surface area contributed by atoms with Gasteiger partial charge in [-0.25, -0.2) is 0 Å². The Hall–Kier alpha value is -1.32. The molecule has 0 aromatic heterocycles. The van der Waals surface area contributed by atoms with E-state index in [1.54, 1.807) is 8.87 Å². The van der Waals surface area contributed by atoms with Gasteiger partial charge < -0.3 is 20.4 Å². The van der Waals surface area contributed by atoms with Crippen LogP contribution in [0, 0.1) is 10.8 Å². The molecule has 0 rings (SSSR count). The van der Waals surface area contributed by atoms with Gasteiger partial charge in [0.15, 0.2) is 0 Å². The zero-order valence-electron chi connectivity index (χ0n) is 41.2. The second-order valence-electron chi connectivity index (χ2n) is 18.1.